The lowest BCUT2D eigenvalue weighted by Gasteiger charge is -2.19. The van der Waals surface area contributed by atoms with Crippen LogP contribution in [0.4, 0.5) is 5.82 Å². The molecule has 0 bridgehead atoms. The van der Waals surface area contributed by atoms with Gasteiger partial charge in [0.05, 0.1) is 29.7 Å². The Morgan fingerprint density at radius 2 is 1.85 bits per heavy atom. The number of carbonyl (C=O) groups excluding carboxylic acids is 1. The van der Waals surface area contributed by atoms with E-state index in [1.165, 1.54) is 6.20 Å². The maximum atomic E-state index is 12.6. The average molecular weight is 492 g/mol. The standard InChI is InChI=1S/C26H19Cl2N3O3/c27-19-5-1-3-17(11-19)22-14-30-25(15-29-22)31-26(32)16-6-8-20(9-7-16)34-24-13-23-18(12-21(24)28)4-2-10-33-23/h1,3,5-9,11-15H,2,4,10H2,(H,30,31,32). The molecule has 1 aromatic heterocycles. The number of aromatic nitrogens is 2. The molecule has 0 aliphatic carbocycles. The summed E-state index contributed by atoms with van der Waals surface area (Å²) in [5.74, 6) is 1.90. The molecule has 0 spiro atoms. The predicted molar refractivity (Wildman–Crippen MR) is 132 cm³/mol. The Bertz CT molecular complexity index is 1340. The van der Waals surface area contributed by atoms with Gasteiger partial charge in [0.25, 0.3) is 5.91 Å². The monoisotopic (exact) mass is 491 g/mol. The van der Waals surface area contributed by atoms with E-state index in [9.17, 15) is 4.79 Å². The number of carbonyl (C=O) groups is 1. The highest BCUT2D eigenvalue weighted by molar-refractivity contribution is 6.32. The van der Waals surface area contributed by atoms with Crippen molar-refractivity contribution in [1.82, 2.24) is 9.97 Å². The molecule has 3 aromatic carbocycles. The fourth-order valence-electron chi connectivity index (χ4n) is 3.61. The molecule has 1 N–H and O–H groups in total. The van der Waals surface area contributed by atoms with Crippen molar-refractivity contribution in [2.24, 2.45) is 0 Å². The molecule has 170 valence electrons. The Kier molecular flexibility index (Phi) is 6.34. The van der Waals surface area contributed by atoms with Crippen molar-refractivity contribution in [3.05, 3.63) is 94.2 Å². The first-order valence-corrected chi connectivity index (χ1v) is 11.4. The second-order valence-electron chi connectivity index (χ2n) is 7.72. The van der Waals surface area contributed by atoms with Gasteiger partial charge in [-0.05, 0) is 60.9 Å². The largest absolute Gasteiger partial charge is 0.493 e. The van der Waals surface area contributed by atoms with Gasteiger partial charge in [-0.15, -0.1) is 0 Å². The highest BCUT2D eigenvalue weighted by Crippen LogP contribution is 2.37. The van der Waals surface area contributed by atoms with Crippen LogP contribution >= 0.6 is 23.2 Å². The minimum Gasteiger partial charge on any atom is -0.493 e. The highest BCUT2D eigenvalue weighted by atomic mass is 35.5. The van der Waals surface area contributed by atoms with Gasteiger partial charge < -0.3 is 14.8 Å². The van der Waals surface area contributed by atoms with E-state index in [2.05, 4.69) is 15.3 Å². The van der Waals surface area contributed by atoms with Gasteiger partial charge in [0, 0.05) is 22.2 Å². The number of aryl methyl sites for hydroxylation is 1. The Morgan fingerprint density at radius 1 is 1.00 bits per heavy atom. The second-order valence-corrected chi connectivity index (χ2v) is 8.56. The summed E-state index contributed by atoms with van der Waals surface area (Å²) in [4.78, 5) is 21.3. The van der Waals surface area contributed by atoms with Crippen molar-refractivity contribution in [2.75, 3.05) is 11.9 Å². The lowest BCUT2D eigenvalue weighted by molar-refractivity contribution is 0.102. The average Bonchev–Trinajstić information content (AvgIpc) is 2.85. The van der Waals surface area contributed by atoms with E-state index in [0.717, 1.165) is 29.7 Å². The molecule has 1 amide bonds. The summed E-state index contributed by atoms with van der Waals surface area (Å²) in [6, 6.07) is 17.8. The first-order valence-electron chi connectivity index (χ1n) is 10.7. The summed E-state index contributed by atoms with van der Waals surface area (Å²) in [7, 11) is 0. The van der Waals surface area contributed by atoms with Crippen LogP contribution in [0.25, 0.3) is 11.3 Å². The van der Waals surface area contributed by atoms with Crippen LogP contribution < -0.4 is 14.8 Å². The normalized spacial score (nSPS) is 12.4. The zero-order chi connectivity index (χ0) is 23.5. The van der Waals surface area contributed by atoms with E-state index < -0.39 is 0 Å². The highest BCUT2D eigenvalue weighted by Gasteiger charge is 2.15. The molecular formula is C26H19Cl2N3O3. The van der Waals surface area contributed by atoms with Crippen LogP contribution in [0, 0.1) is 0 Å². The molecule has 34 heavy (non-hydrogen) atoms. The van der Waals surface area contributed by atoms with Crippen LogP contribution in [-0.4, -0.2) is 22.5 Å². The number of halogens is 2. The molecule has 0 atom stereocenters. The van der Waals surface area contributed by atoms with Crippen LogP contribution in [0.5, 0.6) is 17.2 Å². The zero-order valence-electron chi connectivity index (χ0n) is 17.9. The maximum Gasteiger partial charge on any atom is 0.256 e. The number of fused-ring (bicyclic) bond motifs is 1. The predicted octanol–water partition coefficient (Wildman–Crippen LogP) is 6.82. The van der Waals surface area contributed by atoms with E-state index in [1.54, 1.807) is 42.6 Å². The van der Waals surface area contributed by atoms with Crippen LogP contribution in [0.15, 0.2) is 73.1 Å². The number of amides is 1. The molecule has 8 heteroatoms. The molecule has 1 aliphatic heterocycles. The minimum absolute atomic E-state index is 0.309. The molecular weight excluding hydrogens is 473 g/mol. The molecule has 0 unspecified atom stereocenters. The number of nitrogens with zero attached hydrogens (tertiary/aromatic N) is 2. The van der Waals surface area contributed by atoms with Gasteiger partial charge in [0.1, 0.15) is 17.2 Å². The number of benzene rings is 3. The van der Waals surface area contributed by atoms with Gasteiger partial charge in [-0.25, -0.2) is 4.98 Å². The van der Waals surface area contributed by atoms with E-state index in [-0.39, 0.29) is 5.91 Å². The third-order valence-corrected chi connectivity index (χ3v) is 5.85. The summed E-state index contributed by atoms with van der Waals surface area (Å²) >= 11 is 12.4. The van der Waals surface area contributed by atoms with E-state index in [1.807, 2.05) is 24.3 Å². The molecule has 1 aliphatic rings. The van der Waals surface area contributed by atoms with Gasteiger partial charge in [0.15, 0.2) is 5.82 Å². The van der Waals surface area contributed by atoms with Crippen molar-refractivity contribution in [1.29, 1.82) is 0 Å². The van der Waals surface area contributed by atoms with Gasteiger partial charge >= 0.3 is 0 Å². The third kappa shape index (κ3) is 4.98. The molecule has 0 saturated carbocycles. The zero-order valence-corrected chi connectivity index (χ0v) is 19.4. The van der Waals surface area contributed by atoms with Crippen molar-refractivity contribution in [3.63, 3.8) is 0 Å². The molecule has 0 radical (unpaired) electrons. The Labute approximate surface area is 206 Å². The summed E-state index contributed by atoms with van der Waals surface area (Å²) in [5.41, 5.74) is 3.04. The number of hydrogen-bond donors (Lipinski definition) is 1. The van der Waals surface area contributed by atoms with E-state index in [0.29, 0.717) is 45.2 Å². The lowest BCUT2D eigenvalue weighted by atomic mass is 10.1. The number of anilines is 1. The van der Waals surface area contributed by atoms with Gasteiger partial charge in [-0.2, -0.15) is 0 Å². The molecule has 0 saturated heterocycles. The Morgan fingerprint density at radius 3 is 2.62 bits per heavy atom. The van der Waals surface area contributed by atoms with Crippen molar-refractivity contribution < 1.29 is 14.3 Å². The topological polar surface area (TPSA) is 73.3 Å². The number of rotatable bonds is 5. The second kappa shape index (κ2) is 9.71. The SMILES string of the molecule is O=C(Nc1cnc(-c2cccc(Cl)c2)cn1)c1ccc(Oc2cc3c(cc2Cl)CCCO3)cc1. The van der Waals surface area contributed by atoms with Crippen LogP contribution in [0.1, 0.15) is 22.3 Å². The van der Waals surface area contributed by atoms with Gasteiger partial charge in [-0.1, -0.05) is 35.3 Å². The smallest absolute Gasteiger partial charge is 0.256 e. The third-order valence-electron chi connectivity index (χ3n) is 5.32. The number of nitrogens with one attached hydrogen (secondary N) is 1. The van der Waals surface area contributed by atoms with Crippen molar-refractivity contribution >= 4 is 34.9 Å². The fraction of sp³-hybridized carbons (Fsp3) is 0.115. The maximum absolute atomic E-state index is 12.6. The fourth-order valence-corrected chi connectivity index (χ4v) is 4.02. The Balaban J connectivity index is 1.24. The molecule has 6 nitrogen and oxygen atoms in total. The van der Waals surface area contributed by atoms with Crippen LogP contribution in [0.3, 0.4) is 0 Å². The van der Waals surface area contributed by atoms with Crippen LogP contribution in [0.2, 0.25) is 10.0 Å². The van der Waals surface area contributed by atoms with Gasteiger partial charge in [-0.3, -0.25) is 9.78 Å². The Hall–Kier alpha value is -3.61. The summed E-state index contributed by atoms with van der Waals surface area (Å²) < 4.78 is 11.6. The molecule has 4 aromatic rings. The summed E-state index contributed by atoms with van der Waals surface area (Å²) in [6.45, 7) is 0.686. The minimum atomic E-state index is -0.309. The lowest BCUT2D eigenvalue weighted by Crippen LogP contribution is -2.13. The first kappa shape index (κ1) is 22.2. The number of hydrogen-bond acceptors (Lipinski definition) is 5. The molecule has 2 heterocycles. The van der Waals surface area contributed by atoms with E-state index in [4.69, 9.17) is 32.7 Å². The quantitative estimate of drug-likeness (QED) is 0.331. The summed E-state index contributed by atoms with van der Waals surface area (Å²) in [5, 5.41) is 3.88. The molecule has 0 fully saturated rings. The van der Waals surface area contributed by atoms with Crippen molar-refractivity contribution in [2.45, 2.75) is 12.8 Å². The molecule has 5 rings (SSSR count). The van der Waals surface area contributed by atoms with E-state index >= 15 is 0 Å². The van der Waals surface area contributed by atoms with Crippen molar-refractivity contribution in [3.8, 4) is 28.5 Å². The van der Waals surface area contributed by atoms with Gasteiger partial charge in [0.2, 0.25) is 0 Å². The van der Waals surface area contributed by atoms with Crippen LogP contribution in [-0.2, 0) is 6.42 Å². The number of ether oxygens (including phenoxy) is 2. The first-order chi connectivity index (χ1) is 16.5. The summed E-state index contributed by atoms with van der Waals surface area (Å²) in [6.07, 6.45) is 5.01.